The standard InChI is InChI=1S/C22H24N6O2/c1-14-19(15(2)30-26-14)18-6-4-17(5-7-18)12-28-16(3)25-20-21(23-13-24-22(20)28)27-8-10-29-11-9-27/h4-7,13H,8-12H2,1-3H3. The van der Waals surface area contributed by atoms with Gasteiger partial charge in [-0.25, -0.2) is 15.0 Å². The quantitative estimate of drug-likeness (QED) is 0.516. The summed E-state index contributed by atoms with van der Waals surface area (Å²) in [5.41, 5.74) is 5.97. The molecule has 0 N–H and O–H groups in total. The summed E-state index contributed by atoms with van der Waals surface area (Å²) in [6, 6.07) is 8.50. The highest BCUT2D eigenvalue weighted by Crippen LogP contribution is 2.28. The van der Waals surface area contributed by atoms with E-state index in [-0.39, 0.29) is 0 Å². The number of benzene rings is 1. The third-order valence-corrected chi connectivity index (χ3v) is 5.63. The van der Waals surface area contributed by atoms with Crippen LogP contribution in [0.2, 0.25) is 0 Å². The molecule has 8 heteroatoms. The van der Waals surface area contributed by atoms with E-state index in [1.54, 1.807) is 6.33 Å². The molecule has 3 aromatic heterocycles. The number of hydrogen-bond donors (Lipinski definition) is 0. The van der Waals surface area contributed by atoms with Crippen molar-refractivity contribution in [2.45, 2.75) is 27.3 Å². The Morgan fingerprint density at radius 3 is 2.47 bits per heavy atom. The minimum Gasteiger partial charge on any atom is -0.378 e. The van der Waals surface area contributed by atoms with E-state index in [2.05, 4.69) is 48.9 Å². The maximum absolute atomic E-state index is 5.47. The van der Waals surface area contributed by atoms with Crippen molar-refractivity contribution >= 4 is 17.0 Å². The molecule has 4 aromatic rings. The van der Waals surface area contributed by atoms with Crippen molar-refractivity contribution < 1.29 is 9.26 Å². The highest BCUT2D eigenvalue weighted by Gasteiger charge is 2.20. The second-order valence-corrected chi connectivity index (χ2v) is 7.61. The van der Waals surface area contributed by atoms with Crippen LogP contribution in [-0.4, -0.2) is 51.0 Å². The monoisotopic (exact) mass is 404 g/mol. The first-order chi connectivity index (χ1) is 14.6. The average molecular weight is 404 g/mol. The first-order valence-electron chi connectivity index (χ1n) is 10.1. The van der Waals surface area contributed by atoms with Crippen molar-refractivity contribution in [1.29, 1.82) is 0 Å². The van der Waals surface area contributed by atoms with E-state index in [0.29, 0.717) is 19.8 Å². The predicted molar refractivity (Wildman–Crippen MR) is 114 cm³/mol. The summed E-state index contributed by atoms with van der Waals surface area (Å²) < 4.78 is 12.9. The Morgan fingerprint density at radius 2 is 1.77 bits per heavy atom. The Bertz CT molecular complexity index is 1170. The van der Waals surface area contributed by atoms with E-state index in [9.17, 15) is 0 Å². The number of imidazole rings is 1. The van der Waals surface area contributed by atoms with Crippen molar-refractivity contribution in [2.24, 2.45) is 0 Å². The lowest BCUT2D eigenvalue weighted by atomic mass is 10.0. The molecular formula is C22H24N6O2. The van der Waals surface area contributed by atoms with Gasteiger partial charge in [-0.2, -0.15) is 0 Å². The molecule has 0 radical (unpaired) electrons. The van der Waals surface area contributed by atoms with Crippen molar-refractivity contribution in [3.05, 3.63) is 53.4 Å². The number of anilines is 1. The molecule has 5 rings (SSSR count). The van der Waals surface area contributed by atoms with Crippen molar-refractivity contribution in [1.82, 2.24) is 24.7 Å². The molecule has 0 aliphatic carbocycles. The molecule has 0 bridgehead atoms. The fourth-order valence-electron chi connectivity index (χ4n) is 4.08. The number of aryl methyl sites for hydroxylation is 3. The number of morpholine rings is 1. The van der Waals surface area contributed by atoms with Gasteiger partial charge < -0.3 is 18.7 Å². The molecule has 1 aliphatic heterocycles. The number of aromatic nitrogens is 5. The summed E-state index contributed by atoms with van der Waals surface area (Å²) in [5.74, 6) is 2.65. The van der Waals surface area contributed by atoms with Crippen LogP contribution in [0, 0.1) is 20.8 Å². The third kappa shape index (κ3) is 3.23. The molecule has 0 spiro atoms. The third-order valence-electron chi connectivity index (χ3n) is 5.63. The van der Waals surface area contributed by atoms with Gasteiger partial charge in [0, 0.05) is 18.7 Å². The molecule has 154 valence electrons. The molecule has 4 heterocycles. The van der Waals surface area contributed by atoms with Gasteiger partial charge >= 0.3 is 0 Å². The maximum atomic E-state index is 5.47. The van der Waals surface area contributed by atoms with E-state index in [1.807, 2.05) is 20.8 Å². The topological polar surface area (TPSA) is 82.1 Å². The van der Waals surface area contributed by atoms with Gasteiger partial charge in [-0.3, -0.25) is 0 Å². The Kier molecular flexibility index (Phi) is 4.71. The summed E-state index contributed by atoms with van der Waals surface area (Å²) in [4.78, 5) is 16.1. The van der Waals surface area contributed by atoms with E-state index in [0.717, 1.165) is 58.5 Å². The maximum Gasteiger partial charge on any atom is 0.165 e. The smallest absolute Gasteiger partial charge is 0.165 e. The van der Waals surface area contributed by atoms with Crippen LogP contribution in [0.25, 0.3) is 22.3 Å². The lowest BCUT2D eigenvalue weighted by Gasteiger charge is -2.27. The summed E-state index contributed by atoms with van der Waals surface area (Å²) in [7, 11) is 0. The Balaban J connectivity index is 1.46. The minimum absolute atomic E-state index is 0.698. The zero-order chi connectivity index (χ0) is 20.7. The highest BCUT2D eigenvalue weighted by atomic mass is 16.5. The van der Waals surface area contributed by atoms with Crippen LogP contribution in [0.4, 0.5) is 5.82 Å². The molecule has 1 saturated heterocycles. The average Bonchev–Trinajstić information content (AvgIpc) is 3.27. The molecule has 0 saturated carbocycles. The second-order valence-electron chi connectivity index (χ2n) is 7.61. The SMILES string of the molecule is Cc1noc(C)c1-c1ccc(Cn2c(C)nc3c(N4CCOCC4)ncnc32)cc1. The van der Waals surface area contributed by atoms with Crippen molar-refractivity contribution in [3.63, 3.8) is 0 Å². The van der Waals surface area contributed by atoms with Crippen molar-refractivity contribution in [3.8, 4) is 11.1 Å². The fourth-order valence-corrected chi connectivity index (χ4v) is 4.08. The van der Waals surface area contributed by atoms with Crippen LogP contribution in [0.5, 0.6) is 0 Å². The number of fused-ring (bicyclic) bond motifs is 1. The highest BCUT2D eigenvalue weighted by molar-refractivity contribution is 5.84. The van der Waals surface area contributed by atoms with Gasteiger partial charge in [0.25, 0.3) is 0 Å². The van der Waals surface area contributed by atoms with Gasteiger partial charge in [0.1, 0.15) is 17.9 Å². The lowest BCUT2D eigenvalue weighted by molar-refractivity contribution is 0.122. The zero-order valence-corrected chi connectivity index (χ0v) is 17.4. The summed E-state index contributed by atoms with van der Waals surface area (Å²) in [6.45, 7) is 9.68. The van der Waals surface area contributed by atoms with E-state index in [1.165, 1.54) is 5.56 Å². The molecule has 0 unspecified atom stereocenters. The Hall–Kier alpha value is -3.26. The molecule has 0 amide bonds. The van der Waals surface area contributed by atoms with Crippen LogP contribution < -0.4 is 4.90 Å². The zero-order valence-electron chi connectivity index (χ0n) is 17.4. The van der Waals surface area contributed by atoms with Crippen LogP contribution in [0.1, 0.15) is 22.8 Å². The molecule has 1 aliphatic rings. The van der Waals surface area contributed by atoms with Gasteiger partial charge in [0.2, 0.25) is 0 Å². The summed E-state index contributed by atoms with van der Waals surface area (Å²) in [6.07, 6.45) is 1.63. The van der Waals surface area contributed by atoms with E-state index in [4.69, 9.17) is 14.2 Å². The first-order valence-corrected chi connectivity index (χ1v) is 10.1. The molecule has 0 atom stereocenters. The van der Waals surface area contributed by atoms with E-state index >= 15 is 0 Å². The van der Waals surface area contributed by atoms with Gasteiger partial charge in [0.05, 0.1) is 25.5 Å². The van der Waals surface area contributed by atoms with E-state index < -0.39 is 0 Å². The van der Waals surface area contributed by atoms with Crippen LogP contribution in [0.3, 0.4) is 0 Å². The van der Waals surface area contributed by atoms with Gasteiger partial charge in [0.15, 0.2) is 17.0 Å². The van der Waals surface area contributed by atoms with Crippen LogP contribution in [0.15, 0.2) is 35.1 Å². The molecular weight excluding hydrogens is 380 g/mol. The van der Waals surface area contributed by atoms with Crippen LogP contribution >= 0.6 is 0 Å². The molecule has 8 nitrogen and oxygen atoms in total. The fraction of sp³-hybridized carbons (Fsp3) is 0.364. The molecule has 30 heavy (non-hydrogen) atoms. The first kappa shape index (κ1) is 18.7. The lowest BCUT2D eigenvalue weighted by Crippen LogP contribution is -2.36. The van der Waals surface area contributed by atoms with Gasteiger partial charge in [-0.05, 0) is 31.9 Å². The predicted octanol–water partition coefficient (Wildman–Crippen LogP) is 3.29. The number of ether oxygens (including phenoxy) is 1. The molecule has 1 fully saturated rings. The normalized spacial score (nSPS) is 14.6. The number of hydrogen-bond acceptors (Lipinski definition) is 7. The Morgan fingerprint density at radius 1 is 1.00 bits per heavy atom. The number of rotatable bonds is 4. The second kappa shape index (κ2) is 7.53. The Labute approximate surface area is 174 Å². The van der Waals surface area contributed by atoms with Gasteiger partial charge in [-0.1, -0.05) is 29.4 Å². The molecule has 1 aromatic carbocycles. The summed E-state index contributed by atoms with van der Waals surface area (Å²) in [5, 5.41) is 4.05. The van der Waals surface area contributed by atoms with Crippen LogP contribution in [-0.2, 0) is 11.3 Å². The largest absolute Gasteiger partial charge is 0.378 e. The van der Waals surface area contributed by atoms with Gasteiger partial charge in [-0.15, -0.1) is 0 Å². The number of nitrogens with zero attached hydrogens (tertiary/aromatic N) is 6. The van der Waals surface area contributed by atoms with Crippen molar-refractivity contribution in [2.75, 3.05) is 31.2 Å². The summed E-state index contributed by atoms with van der Waals surface area (Å²) >= 11 is 0. The minimum atomic E-state index is 0.698.